The van der Waals surface area contributed by atoms with Crippen LogP contribution in [0.4, 0.5) is 11.4 Å². The molecule has 2 rings (SSSR count). The standard InChI is InChI=1S/C15H24N2OS/c1-3-18-14-10-11(8-9-12(14)16)17-13-6-5-7-15(13)19-4-2/h8-10,13,15,17H,3-7,16H2,1-2H3. The molecule has 0 saturated heterocycles. The molecule has 2 unspecified atom stereocenters. The SMILES string of the molecule is CCOc1cc(NC2CCCC2SCC)ccc1N. The van der Waals surface area contributed by atoms with E-state index in [1.54, 1.807) is 0 Å². The minimum atomic E-state index is 0.572. The molecule has 0 heterocycles. The van der Waals surface area contributed by atoms with Gasteiger partial charge in [0.25, 0.3) is 0 Å². The molecule has 1 aliphatic rings. The van der Waals surface area contributed by atoms with Crippen molar-refractivity contribution in [3.05, 3.63) is 18.2 Å². The minimum Gasteiger partial charge on any atom is -0.492 e. The predicted octanol–water partition coefficient (Wildman–Crippen LogP) is 3.75. The Morgan fingerprint density at radius 3 is 2.95 bits per heavy atom. The Balaban J connectivity index is 2.04. The van der Waals surface area contributed by atoms with Crippen molar-refractivity contribution in [2.45, 2.75) is 44.4 Å². The lowest BCUT2D eigenvalue weighted by molar-refractivity contribution is 0.342. The van der Waals surface area contributed by atoms with Crippen LogP contribution in [0.3, 0.4) is 0 Å². The van der Waals surface area contributed by atoms with Crippen molar-refractivity contribution in [2.75, 3.05) is 23.4 Å². The van der Waals surface area contributed by atoms with E-state index in [4.69, 9.17) is 10.5 Å². The molecule has 1 aromatic rings. The summed E-state index contributed by atoms with van der Waals surface area (Å²) in [4.78, 5) is 0. The molecule has 3 N–H and O–H groups in total. The van der Waals surface area contributed by atoms with Crippen molar-refractivity contribution in [3.63, 3.8) is 0 Å². The molecule has 3 nitrogen and oxygen atoms in total. The van der Waals surface area contributed by atoms with Gasteiger partial charge in [0.1, 0.15) is 5.75 Å². The molecule has 0 spiro atoms. The van der Waals surface area contributed by atoms with Gasteiger partial charge in [-0.05, 0) is 37.7 Å². The van der Waals surface area contributed by atoms with Gasteiger partial charge in [0.15, 0.2) is 0 Å². The first-order chi connectivity index (χ1) is 9.24. The Bertz CT molecular complexity index is 411. The number of benzene rings is 1. The first kappa shape index (κ1) is 14.4. The summed E-state index contributed by atoms with van der Waals surface area (Å²) in [6, 6.07) is 6.56. The number of anilines is 2. The van der Waals surface area contributed by atoms with Gasteiger partial charge in [0.2, 0.25) is 0 Å². The number of hydrogen-bond acceptors (Lipinski definition) is 4. The second-order valence-corrected chi connectivity index (χ2v) is 6.38. The molecule has 1 aromatic carbocycles. The van der Waals surface area contributed by atoms with Gasteiger partial charge in [0.05, 0.1) is 12.3 Å². The van der Waals surface area contributed by atoms with Crippen molar-refractivity contribution in [1.29, 1.82) is 0 Å². The highest BCUT2D eigenvalue weighted by Crippen LogP contribution is 2.33. The van der Waals surface area contributed by atoms with E-state index in [1.165, 1.54) is 25.0 Å². The monoisotopic (exact) mass is 280 g/mol. The van der Waals surface area contributed by atoms with Crippen LogP contribution in [-0.4, -0.2) is 23.7 Å². The molecule has 0 aliphatic heterocycles. The average Bonchev–Trinajstić information content (AvgIpc) is 2.82. The van der Waals surface area contributed by atoms with E-state index in [2.05, 4.69) is 24.0 Å². The van der Waals surface area contributed by atoms with E-state index >= 15 is 0 Å². The van der Waals surface area contributed by atoms with Gasteiger partial charge in [-0.25, -0.2) is 0 Å². The van der Waals surface area contributed by atoms with Gasteiger partial charge >= 0.3 is 0 Å². The number of rotatable bonds is 6. The van der Waals surface area contributed by atoms with Crippen LogP contribution in [-0.2, 0) is 0 Å². The van der Waals surface area contributed by atoms with Gasteiger partial charge in [-0.15, -0.1) is 0 Å². The molecule has 0 amide bonds. The molecule has 0 radical (unpaired) electrons. The molecule has 1 saturated carbocycles. The second kappa shape index (κ2) is 6.94. The molecule has 1 aliphatic carbocycles. The fraction of sp³-hybridized carbons (Fsp3) is 0.600. The van der Waals surface area contributed by atoms with E-state index in [1.807, 2.05) is 25.1 Å². The highest BCUT2D eigenvalue weighted by Gasteiger charge is 2.26. The van der Waals surface area contributed by atoms with Crippen molar-refractivity contribution < 1.29 is 4.74 Å². The highest BCUT2D eigenvalue weighted by molar-refractivity contribution is 7.99. The van der Waals surface area contributed by atoms with Crippen LogP contribution in [0.5, 0.6) is 5.75 Å². The molecular formula is C15H24N2OS. The van der Waals surface area contributed by atoms with Crippen molar-refractivity contribution in [1.82, 2.24) is 0 Å². The fourth-order valence-electron chi connectivity index (χ4n) is 2.62. The number of ether oxygens (including phenoxy) is 1. The average molecular weight is 280 g/mol. The zero-order valence-corrected chi connectivity index (χ0v) is 12.6. The maximum Gasteiger partial charge on any atom is 0.144 e. The van der Waals surface area contributed by atoms with E-state index in [0.717, 1.165) is 16.7 Å². The predicted molar refractivity (Wildman–Crippen MR) is 85.2 cm³/mol. The first-order valence-electron chi connectivity index (χ1n) is 7.15. The number of hydrogen-bond donors (Lipinski definition) is 2. The van der Waals surface area contributed by atoms with Crippen LogP contribution in [0.25, 0.3) is 0 Å². The highest BCUT2D eigenvalue weighted by atomic mass is 32.2. The van der Waals surface area contributed by atoms with Crippen LogP contribution in [0, 0.1) is 0 Å². The third-order valence-corrected chi connectivity index (χ3v) is 4.82. The van der Waals surface area contributed by atoms with Gasteiger partial charge in [0, 0.05) is 23.0 Å². The molecule has 1 fully saturated rings. The Morgan fingerprint density at radius 1 is 1.37 bits per heavy atom. The van der Waals surface area contributed by atoms with E-state index in [-0.39, 0.29) is 0 Å². The smallest absolute Gasteiger partial charge is 0.144 e. The summed E-state index contributed by atoms with van der Waals surface area (Å²) < 4.78 is 5.55. The maximum absolute atomic E-state index is 5.90. The summed E-state index contributed by atoms with van der Waals surface area (Å²) in [7, 11) is 0. The molecule has 0 bridgehead atoms. The Hall–Kier alpha value is -1.03. The molecule has 0 aromatic heterocycles. The number of nitrogen functional groups attached to an aromatic ring is 1. The van der Waals surface area contributed by atoms with Crippen LogP contribution < -0.4 is 15.8 Å². The Morgan fingerprint density at radius 2 is 2.21 bits per heavy atom. The number of nitrogens with one attached hydrogen (secondary N) is 1. The topological polar surface area (TPSA) is 47.3 Å². The van der Waals surface area contributed by atoms with Crippen LogP contribution in [0.15, 0.2) is 18.2 Å². The van der Waals surface area contributed by atoms with Crippen molar-refractivity contribution in [2.24, 2.45) is 0 Å². The van der Waals surface area contributed by atoms with Gasteiger partial charge < -0.3 is 15.8 Å². The quantitative estimate of drug-likeness (QED) is 0.779. The molecule has 4 heteroatoms. The zero-order valence-electron chi connectivity index (χ0n) is 11.8. The fourth-order valence-corrected chi connectivity index (χ4v) is 3.82. The summed E-state index contributed by atoms with van der Waals surface area (Å²) in [6.07, 6.45) is 3.90. The number of thioether (sulfide) groups is 1. The summed E-state index contributed by atoms with van der Waals surface area (Å²) in [5, 5.41) is 4.38. The lowest BCUT2D eigenvalue weighted by Gasteiger charge is -2.22. The van der Waals surface area contributed by atoms with E-state index in [9.17, 15) is 0 Å². The minimum absolute atomic E-state index is 0.572. The summed E-state index contributed by atoms with van der Waals surface area (Å²) in [6.45, 7) is 4.85. The first-order valence-corrected chi connectivity index (χ1v) is 8.20. The molecule has 2 atom stereocenters. The van der Waals surface area contributed by atoms with Crippen LogP contribution >= 0.6 is 11.8 Å². The summed E-state index contributed by atoms with van der Waals surface area (Å²) in [5.41, 5.74) is 7.73. The van der Waals surface area contributed by atoms with E-state index in [0.29, 0.717) is 18.3 Å². The molecule has 19 heavy (non-hydrogen) atoms. The lowest BCUT2D eigenvalue weighted by atomic mass is 10.2. The largest absolute Gasteiger partial charge is 0.492 e. The summed E-state index contributed by atoms with van der Waals surface area (Å²) >= 11 is 2.07. The molecular weight excluding hydrogens is 256 g/mol. The van der Waals surface area contributed by atoms with Crippen LogP contribution in [0.1, 0.15) is 33.1 Å². The van der Waals surface area contributed by atoms with Crippen LogP contribution in [0.2, 0.25) is 0 Å². The molecule has 106 valence electrons. The normalized spacial score (nSPS) is 22.4. The third-order valence-electron chi connectivity index (χ3n) is 3.50. The summed E-state index contributed by atoms with van der Waals surface area (Å²) in [5.74, 6) is 1.97. The van der Waals surface area contributed by atoms with E-state index < -0.39 is 0 Å². The van der Waals surface area contributed by atoms with Gasteiger partial charge in [-0.3, -0.25) is 0 Å². The number of nitrogens with two attached hydrogens (primary N) is 1. The second-order valence-electron chi connectivity index (χ2n) is 4.86. The maximum atomic E-state index is 5.90. The van der Waals surface area contributed by atoms with Crippen molar-refractivity contribution >= 4 is 23.1 Å². The Labute approximate surface area is 120 Å². The van der Waals surface area contributed by atoms with Gasteiger partial charge in [-0.1, -0.05) is 13.3 Å². The lowest BCUT2D eigenvalue weighted by Crippen LogP contribution is -2.26. The zero-order chi connectivity index (χ0) is 13.7. The Kier molecular flexibility index (Phi) is 5.25. The third kappa shape index (κ3) is 3.72. The van der Waals surface area contributed by atoms with Crippen molar-refractivity contribution in [3.8, 4) is 5.75 Å². The van der Waals surface area contributed by atoms with Gasteiger partial charge in [-0.2, -0.15) is 11.8 Å².